The van der Waals surface area contributed by atoms with Gasteiger partial charge in [0, 0.05) is 18.0 Å². The molecule has 0 saturated heterocycles. The molecule has 0 atom stereocenters. The van der Waals surface area contributed by atoms with E-state index in [1.807, 2.05) is 25.1 Å². The van der Waals surface area contributed by atoms with Gasteiger partial charge in [0.25, 0.3) is 0 Å². The minimum absolute atomic E-state index is 0.0379. The van der Waals surface area contributed by atoms with E-state index in [9.17, 15) is 4.79 Å². The van der Waals surface area contributed by atoms with E-state index in [2.05, 4.69) is 4.98 Å². The molecule has 0 bridgehead atoms. The highest BCUT2D eigenvalue weighted by Gasteiger charge is 2.13. The summed E-state index contributed by atoms with van der Waals surface area (Å²) in [5.74, 6) is 0.602. The van der Waals surface area contributed by atoms with Gasteiger partial charge in [-0.3, -0.25) is 9.78 Å². The zero-order valence-electron chi connectivity index (χ0n) is 10.3. The molecule has 1 aromatic heterocycles. The number of nitrogens with zero attached hydrogens (tertiary/aromatic N) is 1. The first kappa shape index (κ1) is 12.3. The Morgan fingerprint density at radius 3 is 2.61 bits per heavy atom. The van der Waals surface area contributed by atoms with Crippen LogP contribution in [0.2, 0.25) is 0 Å². The number of pyridine rings is 1. The number of para-hydroxylation sites is 1. The summed E-state index contributed by atoms with van der Waals surface area (Å²) in [7, 11) is 0. The minimum atomic E-state index is -0.0379. The molecule has 0 aliphatic carbocycles. The number of carbonyl (C=O) groups excluding carboxylic acids is 1. The first-order chi connectivity index (χ1) is 8.83. The lowest BCUT2D eigenvalue weighted by Gasteiger charge is -2.09. The monoisotopic (exact) mass is 241 g/mol. The van der Waals surface area contributed by atoms with E-state index < -0.39 is 0 Å². The normalized spacial score (nSPS) is 10.1. The smallest absolute Gasteiger partial charge is 0.196 e. The lowest BCUT2D eigenvalue weighted by molar-refractivity contribution is 0.103. The van der Waals surface area contributed by atoms with Crippen LogP contribution in [0.25, 0.3) is 0 Å². The lowest BCUT2D eigenvalue weighted by Crippen LogP contribution is -2.06. The van der Waals surface area contributed by atoms with Gasteiger partial charge in [0.05, 0.1) is 12.2 Å². The number of carbonyl (C=O) groups is 1. The van der Waals surface area contributed by atoms with E-state index in [4.69, 9.17) is 4.74 Å². The number of rotatable bonds is 5. The summed E-state index contributed by atoms with van der Waals surface area (Å²) in [6.07, 6.45) is 4.14. The van der Waals surface area contributed by atoms with Crippen molar-refractivity contribution in [2.24, 2.45) is 0 Å². The van der Waals surface area contributed by atoms with Crippen LogP contribution in [0.5, 0.6) is 5.75 Å². The van der Waals surface area contributed by atoms with Crippen molar-refractivity contribution in [2.45, 2.75) is 13.3 Å². The summed E-state index contributed by atoms with van der Waals surface area (Å²) < 4.78 is 5.59. The first-order valence-electron chi connectivity index (χ1n) is 5.99. The maximum absolute atomic E-state index is 12.3. The van der Waals surface area contributed by atoms with E-state index >= 15 is 0 Å². The second kappa shape index (κ2) is 5.96. The molecule has 3 nitrogen and oxygen atoms in total. The summed E-state index contributed by atoms with van der Waals surface area (Å²) >= 11 is 0. The van der Waals surface area contributed by atoms with Crippen molar-refractivity contribution in [1.82, 2.24) is 4.98 Å². The maximum atomic E-state index is 12.3. The highest BCUT2D eigenvalue weighted by Crippen LogP contribution is 2.21. The molecular weight excluding hydrogens is 226 g/mol. The number of ether oxygens (including phenoxy) is 1. The highest BCUT2D eigenvalue weighted by atomic mass is 16.5. The van der Waals surface area contributed by atoms with Crippen molar-refractivity contribution in [3.8, 4) is 5.75 Å². The minimum Gasteiger partial charge on any atom is -0.493 e. The van der Waals surface area contributed by atoms with Crippen LogP contribution in [-0.4, -0.2) is 17.4 Å². The topological polar surface area (TPSA) is 39.2 Å². The molecule has 2 rings (SSSR count). The Morgan fingerprint density at radius 2 is 1.89 bits per heavy atom. The number of hydrogen-bond acceptors (Lipinski definition) is 3. The standard InChI is InChI=1S/C15H15NO2/c1-2-11-18-14-6-4-3-5-13(14)15(17)12-7-9-16-10-8-12/h3-10H,2,11H2,1H3. The van der Waals surface area contributed by atoms with Gasteiger partial charge in [-0.2, -0.15) is 0 Å². The van der Waals surface area contributed by atoms with Gasteiger partial charge >= 0.3 is 0 Å². The van der Waals surface area contributed by atoms with Crippen molar-refractivity contribution in [3.63, 3.8) is 0 Å². The third-order valence-electron chi connectivity index (χ3n) is 2.54. The average Bonchev–Trinajstić information content (AvgIpc) is 2.45. The predicted molar refractivity (Wildman–Crippen MR) is 69.9 cm³/mol. The molecular formula is C15H15NO2. The number of ketones is 1. The number of benzene rings is 1. The van der Waals surface area contributed by atoms with Crippen LogP contribution in [0.3, 0.4) is 0 Å². The Kier molecular flexibility index (Phi) is 4.07. The molecule has 2 aromatic rings. The van der Waals surface area contributed by atoms with Crippen molar-refractivity contribution >= 4 is 5.78 Å². The third-order valence-corrected chi connectivity index (χ3v) is 2.54. The Labute approximate surface area is 106 Å². The Bertz CT molecular complexity index is 523. The third kappa shape index (κ3) is 2.74. The van der Waals surface area contributed by atoms with Gasteiger partial charge in [-0.15, -0.1) is 0 Å². The second-order valence-electron chi connectivity index (χ2n) is 3.91. The molecule has 1 heterocycles. The molecule has 0 N–H and O–H groups in total. The molecule has 0 aliphatic rings. The van der Waals surface area contributed by atoms with Gasteiger partial charge < -0.3 is 4.74 Å². The number of hydrogen-bond donors (Lipinski definition) is 0. The summed E-state index contributed by atoms with van der Waals surface area (Å²) in [6.45, 7) is 2.65. The lowest BCUT2D eigenvalue weighted by atomic mass is 10.0. The van der Waals surface area contributed by atoms with E-state index in [1.54, 1.807) is 30.6 Å². The molecule has 0 spiro atoms. The van der Waals surface area contributed by atoms with Crippen LogP contribution in [0.1, 0.15) is 29.3 Å². The van der Waals surface area contributed by atoms with Crippen LogP contribution in [0.4, 0.5) is 0 Å². The van der Waals surface area contributed by atoms with Crippen molar-refractivity contribution in [2.75, 3.05) is 6.61 Å². The van der Waals surface area contributed by atoms with Crippen LogP contribution < -0.4 is 4.74 Å². The SMILES string of the molecule is CCCOc1ccccc1C(=O)c1ccncc1. The van der Waals surface area contributed by atoms with E-state index in [1.165, 1.54) is 0 Å². The molecule has 0 amide bonds. The van der Waals surface area contributed by atoms with Gasteiger partial charge in [-0.1, -0.05) is 19.1 Å². The molecule has 0 radical (unpaired) electrons. The van der Waals surface area contributed by atoms with Crippen LogP contribution in [0, 0.1) is 0 Å². The van der Waals surface area contributed by atoms with E-state index in [0.717, 1.165) is 6.42 Å². The van der Waals surface area contributed by atoms with Gasteiger partial charge in [0.15, 0.2) is 5.78 Å². The van der Waals surface area contributed by atoms with Crippen molar-refractivity contribution in [1.29, 1.82) is 0 Å². The fourth-order valence-corrected chi connectivity index (χ4v) is 1.65. The Morgan fingerprint density at radius 1 is 1.17 bits per heavy atom. The molecule has 3 heteroatoms. The predicted octanol–water partition coefficient (Wildman–Crippen LogP) is 3.10. The summed E-state index contributed by atoms with van der Waals surface area (Å²) in [6, 6.07) is 10.7. The first-order valence-corrected chi connectivity index (χ1v) is 5.99. The fraction of sp³-hybridized carbons (Fsp3) is 0.200. The van der Waals surface area contributed by atoms with Gasteiger partial charge in [-0.05, 0) is 30.7 Å². The summed E-state index contributed by atoms with van der Waals surface area (Å²) in [5.41, 5.74) is 1.22. The van der Waals surface area contributed by atoms with Crippen LogP contribution >= 0.6 is 0 Å². The average molecular weight is 241 g/mol. The van der Waals surface area contributed by atoms with Gasteiger partial charge in [0.1, 0.15) is 5.75 Å². The summed E-state index contributed by atoms with van der Waals surface area (Å²) in [5, 5.41) is 0. The summed E-state index contributed by atoms with van der Waals surface area (Å²) in [4.78, 5) is 16.2. The van der Waals surface area contributed by atoms with Crippen molar-refractivity contribution < 1.29 is 9.53 Å². The Hall–Kier alpha value is -2.16. The largest absolute Gasteiger partial charge is 0.493 e. The molecule has 0 fully saturated rings. The van der Waals surface area contributed by atoms with Crippen LogP contribution in [0.15, 0.2) is 48.8 Å². The molecule has 92 valence electrons. The zero-order chi connectivity index (χ0) is 12.8. The Balaban J connectivity index is 2.30. The van der Waals surface area contributed by atoms with E-state index in [0.29, 0.717) is 23.5 Å². The zero-order valence-corrected chi connectivity index (χ0v) is 10.3. The van der Waals surface area contributed by atoms with E-state index in [-0.39, 0.29) is 5.78 Å². The quantitative estimate of drug-likeness (QED) is 0.755. The van der Waals surface area contributed by atoms with Crippen LogP contribution in [-0.2, 0) is 0 Å². The molecule has 1 aromatic carbocycles. The van der Waals surface area contributed by atoms with Crippen molar-refractivity contribution in [3.05, 3.63) is 59.9 Å². The maximum Gasteiger partial charge on any atom is 0.196 e. The van der Waals surface area contributed by atoms with Gasteiger partial charge in [-0.25, -0.2) is 0 Å². The van der Waals surface area contributed by atoms with Gasteiger partial charge in [0.2, 0.25) is 0 Å². The number of aromatic nitrogens is 1. The molecule has 0 saturated carbocycles. The molecule has 0 aliphatic heterocycles. The second-order valence-corrected chi connectivity index (χ2v) is 3.91. The molecule has 0 unspecified atom stereocenters. The fourth-order valence-electron chi connectivity index (χ4n) is 1.65. The molecule has 18 heavy (non-hydrogen) atoms. The highest BCUT2D eigenvalue weighted by molar-refractivity contribution is 6.10.